The van der Waals surface area contributed by atoms with Gasteiger partial charge in [-0.05, 0) is 49.4 Å². The first-order chi connectivity index (χ1) is 10.4. The second kappa shape index (κ2) is 7.55. The maximum absolute atomic E-state index is 10.2. The van der Waals surface area contributed by atoms with Crippen LogP contribution in [-0.2, 0) is 0 Å². The average Bonchev–Trinajstić information content (AvgIpc) is 2.48. The first-order valence-electron chi connectivity index (χ1n) is 8.98. The Kier molecular flexibility index (Phi) is 5.98. The number of rotatable bonds is 2. The van der Waals surface area contributed by atoms with Crippen LogP contribution < -0.4 is 5.32 Å². The molecule has 2 rings (SSSR count). The number of hydrogen-bond donors (Lipinski definition) is 2. The summed E-state index contributed by atoms with van der Waals surface area (Å²) < 4.78 is 0. The molecule has 0 saturated heterocycles. The van der Waals surface area contributed by atoms with E-state index in [1.807, 2.05) is 0 Å². The minimum atomic E-state index is -0.255. The highest BCUT2D eigenvalue weighted by atomic mass is 16.3. The molecule has 0 spiro atoms. The fraction of sp³-hybridized carbons (Fsp3) is 0.800. The number of aliphatic hydroxyl groups excluding tert-OH is 1. The van der Waals surface area contributed by atoms with Crippen molar-refractivity contribution >= 4 is 0 Å². The summed E-state index contributed by atoms with van der Waals surface area (Å²) in [5.74, 6) is 5.04. The minimum absolute atomic E-state index is 0.122. The largest absolute Gasteiger partial charge is 0.391 e. The predicted octanol–water partition coefficient (Wildman–Crippen LogP) is 4.11. The van der Waals surface area contributed by atoms with Gasteiger partial charge in [0.15, 0.2) is 0 Å². The third kappa shape index (κ3) is 4.53. The SMILES string of the molecule is C=CC1CCCCC1C#CNC1CC(C(C)(C)C)CCC1O. The predicted molar refractivity (Wildman–Crippen MR) is 93.1 cm³/mol. The van der Waals surface area contributed by atoms with Crippen LogP contribution in [0.2, 0.25) is 0 Å². The van der Waals surface area contributed by atoms with E-state index in [-0.39, 0.29) is 12.1 Å². The Morgan fingerprint density at radius 2 is 1.86 bits per heavy atom. The van der Waals surface area contributed by atoms with E-state index < -0.39 is 0 Å². The van der Waals surface area contributed by atoms with Gasteiger partial charge in [-0.2, -0.15) is 0 Å². The van der Waals surface area contributed by atoms with E-state index in [0.29, 0.717) is 23.2 Å². The Bertz CT molecular complexity index is 425. The third-order valence-corrected chi connectivity index (χ3v) is 5.68. The molecule has 2 aliphatic carbocycles. The molecule has 0 amide bonds. The molecule has 0 heterocycles. The van der Waals surface area contributed by atoms with Crippen LogP contribution in [0.1, 0.15) is 65.7 Å². The minimum Gasteiger partial charge on any atom is -0.391 e. The molecule has 0 aromatic rings. The van der Waals surface area contributed by atoms with Gasteiger partial charge >= 0.3 is 0 Å². The molecule has 2 nitrogen and oxygen atoms in total. The molecule has 5 unspecified atom stereocenters. The van der Waals surface area contributed by atoms with Gasteiger partial charge < -0.3 is 10.4 Å². The first kappa shape index (κ1) is 17.4. The molecule has 2 saturated carbocycles. The zero-order valence-corrected chi connectivity index (χ0v) is 14.6. The van der Waals surface area contributed by atoms with Gasteiger partial charge in [0, 0.05) is 12.0 Å². The fourth-order valence-electron chi connectivity index (χ4n) is 3.94. The molecular formula is C20H33NO. The highest BCUT2D eigenvalue weighted by Crippen LogP contribution is 2.38. The molecule has 2 fully saturated rings. The lowest BCUT2D eigenvalue weighted by Crippen LogP contribution is -2.45. The van der Waals surface area contributed by atoms with Crippen molar-refractivity contribution < 1.29 is 5.11 Å². The zero-order valence-electron chi connectivity index (χ0n) is 14.6. The Morgan fingerprint density at radius 1 is 1.14 bits per heavy atom. The Labute approximate surface area is 136 Å². The van der Waals surface area contributed by atoms with Gasteiger partial charge in [-0.3, -0.25) is 0 Å². The van der Waals surface area contributed by atoms with Crippen molar-refractivity contribution in [1.29, 1.82) is 0 Å². The molecule has 22 heavy (non-hydrogen) atoms. The summed E-state index contributed by atoms with van der Waals surface area (Å²) in [5, 5.41) is 13.6. The van der Waals surface area contributed by atoms with E-state index in [4.69, 9.17) is 0 Å². The Hall–Kier alpha value is -0.940. The van der Waals surface area contributed by atoms with Gasteiger partial charge in [-0.25, -0.2) is 0 Å². The van der Waals surface area contributed by atoms with Crippen molar-refractivity contribution in [2.45, 2.75) is 77.9 Å². The van der Waals surface area contributed by atoms with Crippen LogP contribution in [0, 0.1) is 35.1 Å². The van der Waals surface area contributed by atoms with Crippen molar-refractivity contribution in [2.75, 3.05) is 0 Å². The van der Waals surface area contributed by atoms with E-state index in [0.717, 1.165) is 19.3 Å². The average molecular weight is 303 g/mol. The van der Waals surface area contributed by atoms with Crippen LogP contribution in [-0.4, -0.2) is 17.3 Å². The lowest BCUT2D eigenvalue weighted by Gasteiger charge is -2.39. The lowest BCUT2D eigenvalue weighted by atomic mass is 9.70. The van der Waals surface area contributed by atoms with E-state index in [9.17, 15) is 5.11 Å². The summed E-state index contributed by atoms with van der Waals surface area (Å²) >= 11 is 0. The van der Waals surface area contributed by atoms with Gasteiger partial charge in [0.2, 0.25) is 0 Å². The molecule has 0 radical (unpaired) electrons. The zero-order chi connectivity index (χ0) is 16.2. The standard InChI is InChI=1S/C20H33NO/c1-5-15-8-6-7-9-16(15)12-13-21-18-14-17(20(2,3)4)10-11-19(18)22/h5,15-19,21-22H,1,6-11,14H2,2-4H3. The van der Waals surface area contributed by atoms with Crippen molar-refractivity contribution in [3.8, 4) is 12.0 Å². The van der Waals surface area contributed by atoms with Crippen LogP contribution in [0.25, 0.3) is 0 Å². The highest BCUT2D eigenvalue weighted by Gasteiger charge is 2.34. The van der Waals surface area contributed by atoms with Crippen LogP contribution in [0.5, 0.6) is 0 Å². The topological polar surface area (TPSA) is 32.3 Å². The third-order valence-electron chi connectivity index (χ3n) is 5.68. The molecule has 0 aromatic heterocycles. The first-order valence-corrected chi connectivity index (χ1v) is 8.98. The molecular weight excluding hydrogens is 270 g/mol. The van der Waals surface area contributed by atoms with Crippen LogP contribution in [0.15, 0.2) is 12.7 Å². The summed E-state index contributed by atoms with van der Waals surface area (Å²) in [5.41, 5.74) is 0.310. The van der Waals surface area contributed by atoms with E-state index in [1.54, 1.807) is 0 Å². The molecule has 2 aliphatic rings. The van der Waals surface area contributed by atoms with Crippen LogP contribution in [0.3, 0.4) is 0 Å². The molecule has 2 heteroatoms. The van der Waals surface area contributed by atoms with Crippen LogP contribution >= 0.6 is 0 Å². The van der Waals surface area contributed by atoms with Gasteiger partial charge in [0.1, 0.15) is 0 Å². The van der Waals surface area contributed by atoms with Crippen molar-refractivity contribution in [2.24, 2.45) is 23.2 Å². The van der Waals surface area contributed by atoms with Gasteiger partial charge in [0.25, 0.3) is 0 Å². The molecule has 0 aromatic carbocycles. The molecule has 0 aliphatic heterocycles. The van der Waals surface area contributed by atoms with Gasteiger partial charge in [-0.15, -0.1) is 6.58 Å². The quantitative estimate of drug-likeness (QED) is 0.457. The Morgan fingerprint density at radius 3 is 2.55 bits per heavy atom. The van der Waals surface area contributed by atoms with Crippen molar-refractivity contribution in [1.82, 2.24) is 5.32 Å². The lowest BCUT2D eigenvalue weighted by molar-refractivity contribution is 0.0456. The monoisotopic (exact) mass is 303 g/mol. The smallest absolute Gasteiger partial charge is 0.0748 e. The van der Waals surface area contributed by atoms with Gasteiger partial charge in [-0.1, -0.05) is 45.6 Å². The fourth-order valence-corrected chi connectivity index (χ4v) is 3.94. The summed E-state index contributed by atoms with van der Waals surface area (Å²) in [6.45, 7) is 10.9. The molecule has 5 atom stereocenters. The maximum atomic E-state index is 10.2. The molecule has 124 valence electrons. The van der Waals surface area contributed by atoms with E-state index in [2.05, 4.69) is 50.7 Å². The summed E-state index contributed by atoms with van der Waals surface area (Å²) in [6, 6.07) is 3.31. The normalized spacial score (nSPS) is 36.1. The number of aliphatic hydroxyl groups is 1. The second-order valence-corrected chi connectivity index (χ2v) is 8.25. The number of allylic oxidation sites excluding steroid dienone is 1. The van der Waals surface area contributed by atoms with Gasteiger partial charge in [0.05, 0.1) is 12.1 Å². The number of hydrogen-bond acceptors (Lipinski definition) is 2. The van der Waals surface area contributed by atoms with E-state index in [1.165, 1.54) is 25.7 Å². The Balaban J connectivity index is 1.92. The van der Waals surface area contributed by atoms with Crippen LogP contribution in [0.4, 0.5) is 0 Å². The van der Waals surface area contributed by atoms with Crippen molar-refractivity contribution in [3.05, 3.63) is 12.7 Å². The van der Waals surface area contributed by atoms with Crippen molar-refractivity contribution in [3.63, 3.8) is 0 Å². The molecule has 2 N–H and O–H groups in total. The summed E-state index contributed by atoms with van der Waals surface area (Å²) in [7, 11) is 0. The number of nitrogens with one attached hydrogen (secondary N) is 1. The summed E-state index contributed by atoms with van der Waals surface area (Å²) in [6.07, 6.45) is 9.84. The molecule has 0 bridgehead atoms. The highest BCUT2D eigenvalue weighted by molar-refractivity contribution is 5.09. The van der Waals surface area contributed by atoms with E-state index >= 15 is 0 Å². The second-order valence-electron chi connectivity index (χ2n) is 8.25. The maximum Gasteiger partial charge on any atom is 0.0748 e. The summed E-state index contributed by atoms with van der Waals surface area (Å²) in [4.78, 5) is 0.